The van der Waals surface area contributed by atoms with E-state index in [1.165, 1.54) is 0 Å². The first kappa shape index (κ1) is 13.4. The number of carbonyl (C=O) groups is 1. The molecule has 98 valence electrons. The monoisotopic (exact) mass is 311 g/mol. The molecule has 1 atom stereocenters. The summed E-state index contributed by atoms with van der Waals surface area (Å²) in [5.74, 6) is 0.818. The largest absolute Gasteiger partial charge is 0.497 e. The maximum atomic E-state index is 12.5. The third kappa shape index (κ3) is 2.53. The normalized spacial score (nSPS) is 19.1. The summed E-state index contributed by atoms with van der Waals surface area (Å²) in [6.45, 7) is 3.00. The van der Waals surface area contributed by atoms with Crippen LogP contribution in [0.15, 0.2) is 22.7 Å². The predicted molar refractivity (Wildman–Crippen MR) is 75.0 cm³/mol. The van der Waals surface area contributed by atoms with Gasteiger partial charge in [0.05, 0.1) is 12.7 Å². The molecule has 1 aliphatic heterocycles. The van der Waals surface area contributed by atoms with Crippen molar-refractivity contribution in [2.24, 2.45) is 0 Å². The lowest BCUT2D eigenvalue weighted by atomic mass is 10.1. The van der Waals surface area contributed by atoms with Crippen molar-refractivity contribution in [3.8, 4) is 5.75 Å². The van der Waals surface area contributed by atoms with Gasteiger partial charge in [0.25, 0.3) is 5.91 Å². The van der Waals surface area contributed by atoms with Crippen LogP contribution in [0, 0.1) is 0 Å². The molecule has 18 heavy (non-hydrogen) atoms. The number of ether oxygens (including phenoxy) is 1. The summed E-state index contributed by atoms with van der Waals surface area (Å²) in [6, 6.07) is 5.90. The molecule has 4 heteroatoms. The molecule has 1 heterocycles. The molecule has 1 aliphatic rings. The zero-order valence-electron chi connectivity index (χ0n) is 10.8. The number of amides is 1. The van der Waals surface area contributed by atoms with Gasteiger partial charge >= 0.3 is 0 Å². The van der Waals surface area contributed by atoms with Crippen molar-refractivity contribution in [1.82, 2.24) is 4.90 Å². The number of halogens is 1. The van der Waals surface area contributed by atoms with E-state index in [0.29, 0.717) is 17.4 Å². The first-order chi connectivity index (χ1) is 8.67. The second-order valence-electron chi connectivity index (χ2n) is 4.55. The summed E-state index contributed by atoms with van der Waals surface area (Å²) in [7, 11) is 1.61. The van der Waals surface area contributed by atoms with Gasteiger partial charge in [0.1, 0.15) is 5.75 Å². The van der Waals surface area contributed by atoms with Crippen LogP contribution < -0.4 is 4.74 Å². The van der Waals surface area contributed by atoms with Gasteiger partial charge < -0.3 is 9.64 Å². The molecule has 0 saturated carbocycles. The molecule has 3 nitrogen and oxygen atoms in total. The Hall–Kier alpha value is -1.03. The minimum atomic E-state index is 0.102. The minimum absolute atomic E-state index is 0.102. The summed E-state index contributed by atoms with van der Waals surface area (Å²) in [5.41, 5.74) is 0.690. The van der Waals surface area contributed by atoms with Crippen LogP contribution in [0.25, 0.3) is 0 Å². The van der Waals surface area contributed by atoms with E-state index in [0.717, 1.165) is 30.3 Å². The van der Waals surface area contributed by atoms with Crippen molar-refractivity contribution in [2.75, 3.05) is 13.7 Å². The third-order valence-electron chi connectivity index (χ3n) is 3.51. The summed E-state index contributed by atoms with van der Waals surface area (Å²) >= 11 is 3.45. The van der Waals surface area contributed by atoms with Crippen molar-refractivity contribution >= 4 is 21.8 Å². The fourth-order valence-electron chi connectivity index (χ4n) is 2.48. The van der Waals surface area contributed by atoms with Crippen LogP contribution >= 0.6 is 15.9 Å². The zero-order chi connectivity index (χ0) is 13.1. The molecule has 1 saturated heterocycles. The van der Waals surface area contributed by atoms with Crippen LogP contribution in [0.5, 0.6) is 5.75 Å². The number of methoxy groups -OCH3 is 1. The van der Waals surface area contributed by atoms with Crippen LogP contribution in [0.1, 0.15) is 36.5 Å². The van der Waals surface area contributed by atoms with Crippen molar-refractivity contribution in [2.45, 2.75) is 32.2 Å². The van der Waals surface area contributed by atoms with E-state index in [2.05, 4.69) is 22.9 Å². The van der Waals surface area contributed by atoms with Gasteiger partial charge in [-0.05, 0) is 53.4 Å². The quantitative estimate of drug-likeness (QED) is 0.855. The van der Waals surface area contributed by atoms with Gasteiger partial charge in [0.15, 0.2) is 0 Å². The molecule has 1 fully saturated rings. The minimum Gasteiger partial charge on any atom is -0.497 e. The highest BCUT2D eigenvalue weighted by atomic mass is 79.9. The Morgan fingerprint density at radius 1 is 1.56 bits per heavy atom. The Morgan fingerprint density at radius 2 is 2.33 bits per heavy atom. The van der Waals surface area contributed by atoms with Crippen molar-refractivity contribution < 1.29 is 9.53 Å². The van der Waals surface area contributed by atoms with E-state index < -0.39 is 0 Å². The molecule has 1 aromatic carbocycles. The molecule has 0 aliphatic carbocycles. The van der Waals surface area contributed by atoms with Crippen LogP contribution in [-0.4, -0.2) is 30.5 Å². The van der Waals surface area contributed by atoms with Crippen LogP contribution in [0.2, 0.25) is 0 Å². The molecule has 1 unspecified atom stereocenters. The molecular weight excluding hydrogens is 294 g/mol. The predicted octanol–water partition coefficient (Wildman–Crippen LogP) is 3.47. The van der Waals surface area contributed by atoms with E-state index >= 15 is 0 Å². The number of hydrogen-bond acceptors (Lipinski definition) is 2. The van der Waals surface area contributed by atoms with Gasteiger partial charge in [-0.1, -0.05) is 6.92 Å². The Morgan fingerprint density at radius 3 is 3.00 bits per heavy atom. The Labute approximate surface area is 116 Å². The van der Waals surface area contributed by atoms with E-state index in [9.17, 15) is 4.79 Å². The highest BCUT2D eigenvalue weighted by molar-refractivity contribution is 9.10. The van der Waals surface area contributed by atoms with Crippen molar-refractivity contribution in [3.05, 3.63) is 28.2 Å². The molecule has 1 amide bonds. The lowest BCUT2D eigenvalue weighted by molar-refractivity contribution is 0.0732. The Bertz CT molecular complexity index is 447. The van der Waals surface area contributed by atoms with Gasteiger partial charge in [0, 0.05) is 17.1 Å². The van der Waals surface area contributed by atoms with Crippen molar-refractivity contribution in [1.29, 1.82) is 0 Å². The number of likely N-dealkylation sites (tertiary alicyclic amines) is 1. The zero-order valence-corrected chi connectivity index (χ0v) is 12.4. The summed E-state index contributed by atoms with van der Waals surface area (Å²) in [4.78, 5) is 14.5. The fraction of sp³-hybridized carbons (Fsp3) is 0.500. The molecule has 1 aromatic rings. The van der Waals surface area contributed by atoms with Crippen LogP contribution in [-0.2, 0) is 0 Å². The van der Waals surface area contributed by atoms with E-state index in [1.54, 1.807) is 13.2 Å². The topological polar surface area (TPSA) is 29.5 Å². The molecule has 0 radical (unpaired) electrons. The standard InChI is InChI=1S/C14H18BrNO2/c1-3-10-5-4-8-16(10)14(17)12-9-11(18-2)6-7-13(12)15/h6-7,9-10H,3-5,8H2,1-2H3. The van der Waals surface area contributed by atoms with Gasteiger partial charge in [-0.25, -0.2) is 0 Å². The Balaban J connectivity index is 2.27. The number of nitrogens with zero attached hydrogens (tertiary/aromatic N) is 1. The van der Waals surface area contributed by atoms with Crippen LogP contribution in [0.3, 0.4) is 0 Å². The number of hydrogen-bond donors (Lipinski definition) is 0. The number of benzene rings is 1. The van der Waals surface area contributed by atoms with Gasteiger partial charge in [0.2, 0.25) is 0 Å². The second-order valence-corrected chi connectivity index (χ2v) is 5.40. The maximum Gasteiger partial charge on any atom is 0.255 e. The fourth-order valence-corrected chi connectivity index (χ4v) is 2.89. The molecule has 0 spiro atoms. The van der Waals surface area contributed by atoms with E-state index in [-0.39, 0.29) is 5.91 Å². The third-order valence-corrected chi connectivity index (χ3v) is 4.20. The van der Waals surface area contributed by atoms with Gasteiger partial charge in [-0.15, -0.1) is 0 Å². The highest BCUT2D eigenvalue weighted by Crippen LogP contribution is 2.28. The van der Waals surface area contributed by atoms with Crippen LogP contribution in [0.4, 0.5) is 0 Å². The number of carbonyl (C=O) groups excluding carboxylic acids is 1. The van der Waals surface area contributed by atoms with E-state index in [4.69, 9.17) is 4.74 Å². The summed E-state index contributed by atoms with van der Waals surface area (Å²) in [5, 5.41) is 0. The number of rotatable bonds is 3. The first-order valence-corrected chi connectivity index (χ1v) is 7.11. The maximum absolute atomic E-state index is 12.5. The van der Waals surface area contributed by atoms with E-state index in [1.807, 2.05) is 17.0 Å². The molecule has 0 aromatic heterocycles. The smallest absolute Gasteiger partial charge is 0.255 e. The summed E-state index contributed by atoms with van der Waals surface area (Å²) < 4.78 is 6.01. The lowest BCUT2D eigenvalue weighted by Gasteiger charge is -2.24. The van der Waals surface area contributed by atoms with Crippen molar-refractivity contribution in [3.63, 3.8) is 0 Å². The molecular formula is C14H18BrNO2. The second kappa shape index (κ2) is 5.74. The SMILES string of the molecule is CCC1CCCN1C(=O)c1cc(OC)ccc1Br. The highest BCUT2D eigenvalue weighted by Gasteiger charge is 2.29. The Kier molecular flexibility index (Phi) is 4.27. The van der Waals surface area contributed by atoms with Gasteiger partial charge in [-0.2, -0.15) is 0 Å². The molecule has 2 rings (SSSR count). The summed E-state index contributed by atoms with van der Waals surface area (Å²) in [6.07, 6.45) is 3.24. The average Bonchev–Trinajstić information content (AvgIpc) is 2.86. The lowest BCUT2D eigenvalue weighted by Crippen LogP contribution is -2.35. The molecule has 0 bridgehead atoms. The average molecular weight is 312 g/mol. The first-order valence-electron chi connectivity index (χ1n) is 6.32. The molecule has 0 N–H and O–H groups in total. The van der Waals surface area contributed by atoms with Gasteiger partial charge in [-0.3, -0.25) is 4.79 Å².